The molecule has 33 heavy (non-hydrogen) atoms. The number of fused-ring (bicyclic) bond motifs is 4. The fourth-order valence-corrected chi connectivity index (χ4v) is 4.86. The van der Waals surface area contributed by atoms with Crippen LogP contribution < -0.4 is 4.90 Å². The van der Waals surface area contributed by atoms with Crippen molar-refractivity contribution < 1.29 is 4.42 Å². The second kappa shape index (κ2) is 7.17. The zero-order valence-electron chi connectivity index (χ0n) is 18.0. The highest BCUT2D eigenvalue weighted by molar-refractivity contribution is 6.05. The van der Waals surface area contributed by atoms with Crippen molar-refractivity contribution in [1.29, 1.82) is 0 Å². The molecule has 0 radical (unpaired) electrons. The molecule has 1 aliphatic heterocycles. The number of hydrogen-bond donors (Lipinski definition) is 0. The summed E-state index contributed by atoms with van der Waals surface area (Å²) >= 11 is 0. The third-order valence-corrected chi connectivity index (χ3v) is 6.71. The maximum absolute atomic E-state index is 6.08. The second-order valence-electron chi connectivity index (χ2n) is 8.75. The summed E-state index contributed by atoms with van der Waals surface area (Å²) < 4.78 is 6.08. The van der Waals surface area contributed by atoms with Crippen LogP contribution in [0.15, 0.2) is 102 Å². The molecule has 0 aliphatic carbocycles. The van der Waals surface area contributed by atoms with Gasteiger partial charge in [0.1, 0.15) is 11.2 Å². The predicted octanol–water partition coefficient (Wildman–Crippen LogP) is 6.80. The number of anilines is 1. The number of para-hydroxylation sites is 3. The van der Waals surface area contributed by atoms with E-state index in [2.05, 4.69) is 64.5 Å². The quantitative estimate of drug-likeness (QED) is 0.311. The fourth-order valence-electron chi connectivity index (χ4n) is 4.86. The van der Waals surface area contributed by atoms with Gasteiger partial charge in [-0.15, -0.1) is 0 Å². The fraction of sp³-hybridized carbons (Fsp3) is 0.103. The van der Waals surface area contributed by atoms with Crippen LogP contribution in [0.5, 0.6) is 0 Å². The molecule has 0 amide bonds. The lowest BCUT2D eigenvalue weighted by atomic mass is 9.89. The van der Waals surface area contributed by atoms with Gasteiger partial charge >= 0.3 is 0 Å². The highest BCUT2D eigenvalue weighted by Crippen LogP contribution is 2.36. The molecule has 0 saturated carbocycles. The second-order valence-corrected chi connectivity index (χ2v) is 8.75. The molecule has 7 rings (SSSR count). The first-order chi connectivity index (χ1) is 16.3. The van der Waals surface area contributed by atoms with Gasteiger partial charge in [-0.05, 0) is 42.0 Å². The van der Waals surface area contributed by atoms with E-state index in [0.29, 0.717) is 5.92 Å². The van der Waals surface area contributed by atoms with Crippen molar-refractivity contribution in [2.24, 2.45) is 0 Å². The van der Waals surface area contributed by atoms with Crippen molar-refractivity contribution >= 4 is 38.7 Å². The van der Waals surface area contributed by atoms with E-state index in [1.54, 1.807) is 0 Å². The van der Waals surface area contributed by atoms with E-state index in [9.17, 15) is 0 Å². The molecule has 0 N–H and O–H groups in total. The van der Waals surface area contributed by atoms with E-state index in [0.717, 1.165) is 46.5 Å². The normalized spacial score (nSPS) is 14.2. The predicted molar refractivity (Wildman–Crippen MR) is 134 cm³/mol. The number of furan rings is 1. The maximum Gasteiger partial charge on any atom is 0.137 e. The molecule has 0 unspecified atom stereocenters. The van der Waals surface area contributed by atoms with Crippen LogP contribution in [-0.4, -0.2) is 23.1 Å². The first kappa shape index (κ1) is 18.4. The summed E-state index contributed by atoms with van der Waals surface area (Å²) in [4.78, 5) is 11.8. The topological polar surface area (TPSA) is 42.2 Å². The van der Waals surface area contributed by atoms with Crippen LogP contribution in [0.2, 0.25) is 0 Å². The highest BCUT2D eigenvalue weighted by Gasteiger charge is 2.29. The Bertz CT molecular complexity index is 1650. The van der Waals surface area contributed by atoms with Gasteiger partial charge in [0, 0.05) is 47.1 Å². The van der Waals surface area contributed by atoms with Gasteiger partial charge in [-0.2, -0.15) is 0 Å². The first-order valence-corrected chi connectivity index (χ1v) is 11.3. The van der Waals surface area contributed by atoms with Gasteiger partial charge in [-0.3, -0.25) is 4.98 Å². The molecular weight excluding hydrogens is 406 g/mol. The Hall–Kier alpha value is -4.18. The van der Waals surface area contributed by atoms with Gasteiger partial charge in [-0.1, -0.05) is 48.5 Å². The number of nitrogens with zero attached hydrogens (tertiary/aromatic N) is 3. The Morgan fingerprint density at radius 1 is 0.727 bits per heavy atom. The highest BCUT2D eigenvalue weighted by atomic mass is 16.3. The van der Waals surface area contributed by atoms with E-state index in [1.807, 2.05) is 42.6 Å². The summed E-state index contributed by atoms with van der Waals surface area (Å²) in [6.07, 6.45) is 1.87. The Morgan fingerprint density at radius 2 is 1.55 bits per heavy atom. The minimum atomic E-state index is 0.504. The van der Waals surface area contributed by atoms with Crippen LogP contribution in [0.1, 0.15) is 11.5 Å². The van der Waals surface area contributed by atoms with Crippen molar-refractivity contribution in [2.75, 3.05) is 18.0 Å². The maximum atomic E-state index is 6.08. The van der Waals surface area contributed by atoms with Crippen molar-refractivity contribution in [2.45, 2.75) is 5.92 Å². The average molecular weight is 428 g/mol. The van der Waals surface area contributed by atoms with Gasteiger partial charge in [-0.25, -0.2) is 4.98 Å². The van der Waals surface area contributed by atoms with Crippen molar-refractivity contribution in [3.63, 3.8) is 0 Å². The van der Waals surface area contributed by atoms with Crippen LogP contribution in [0.25, 0.3) is 44.2 Å². The summed E-state index contributed by atoms with van der Waals surface area (Å²) in [7, 11) is 0. The molecule has 2 aromatic heterocycles. The lowest BCUT2D eigenvalue weighted by molar-refractivity contribution is 0.525. The number of aromatic nitrogens is 2. The molecule has 6 aromatic rings. The number of rotatable bonds is 3. The van der Waals surface area contributed by atoms with Gasteiger partial charge in [0.05, 0.1) is 22.9 Å². The summed E-state index contributed by atoms with van der Waals surface area (Å²) in [5, 5.41) is 2.35. The minimum Gasteiger partial charge on any atom is -0.456 e. The van der Waals surface area contributed by atoms with Crippen LogP contribution in [0.4, 0.5) is 5.69 Å². The lowest BCUT2D eigenvalue weighted by Crippen LogP contribution is -2.45. The van der Waals surface area contributed by atoms with E-state index < -0.39 is 0 Å². The Labute approximate surface area is 191 Å². The van der Waals surface area contributed by atoms with Crippen molar-refractivity contribution in [3.8, 4) is 11.3 Å². The smallest absolute Gasteiger partial charge is 0.137 e. The summed E-state index contributed by atoms with van der Waals surface area (Å²) in [5.41, 5.74) is 8.35. The summed E-state index contributed by atoms with van der Waals surface area (Å²) in [6.45, 7) is 2.00. The Kier molecular flexibility index (Phi) is 4.00. The van der Waals surface area contributed by atoms with E-state index in [-0.39, 0.29) is 0 Å². The number of hydrogen-bond acceptors (Lipinski definition) is 4. The van der Waals surface area contributed by atoms with Gasteiger partial charge in [0.15, 0.2) is 0 Å². The monoisotopic (exact) mass is 427 g/mol. The third-order valence-electron chi connectivity index (χ3n) is 6.71. The average Bonchev–Trinajstić information content (AvgIpc) is 3.21. The molecule has 3 heterocycles. The zero-order chi connectivity index (χ0) is 21.8. The molecule has 4 heteroatoms. The van der Waals surface area contributed by atoms with Crippen molar-refractivity contribution in [1.82, 2.24) is 9.97 Å². The largest absolute Gasteiger partial charge is 0.456 e. The van der Waals surface area contributed by atoms with Crippen LogP contribution in [0, 0.1) is 0 Å². The minimum absolute atomic E-state index is 0.504. The van der Waals surface area contributed by atoms with Crippen LogP contribution in [-0.2, 0) is 0 Å². The Balaban J connectivity index is 1.13. The molecule has 0 atom stereocenters. The molecule has 1 fully saturated rings. The third kappa shape index (κ3) is 3.06. The van der Waals surface area contributed by atoms with E-state index >= 15 is 0 Å². The zero-order valence-corrected chi connectivity index (χ0v) is 18.0. The molecule has 1 aliphatic rings. The van der Waals surface area contributed by atoms with Crippen LogP contribution >= 0.6 is 0 Å². The molecule has 0 bridgehead atoms. The van der Waals surface area contributed by atoms with E-state index in [4.69, 9.17) is 9.40 Å². The van der Waals surface area contributed by atoms with Gasteiger partial charge < -0.3 is 9.32 Å². The molecular formula is C29H21N3O. The molecule has 4 nitrogen and oxygen atoms in total. The van der Waals surface area contributed by atoms with Crippen molar-refractivity contribution in [3.05, 3.63) is 103 Å². The van der Waals surface area contributed by atoms with Gasteiger partial charge in [0.25, 0.3) is 0 Å². The molecule has 158 valence electrons. The molecule has 0 spiro atoms. The van der Waals surface area contributed by atoms with Crippen LogP contribution in [0.3, 0.4) is 0 Å². The molecule has 4 aromatic carbocycles. The summed E-state index contributed by atoms with van der Waals surface area (Å²) in [5.74, 6) is 0.504. The summed E-state index contributed by atoms with van der Waals surface area (Å²) in [6, 6.07) is 31.5. The lowest BCUT2D eigenvalue weighted by Gasteiger charge is -2.41. The Morgan fingerprint density at radius 3 is 2.48 bits per heavy atom. The first-order valence-electron chi connectivity index (χ1n) is 11.3. The molecule has 1 saturated heterocycles. The number of benzene rings is 4. The SMILES string of the molecule is c1cc(-c2cnc3ccccc3n2)cc(C2CN(c3ccc4c(c3)oc3ccccc34)C2)c1. The van der Waals surface area contributed by atoms with E-state index in [1.165, 1.54) is 22.0 Å². The van der Waals surface area contributed by atoms with Gasteiger partial charge in [0.2, 0.25) is 0 Å². The standard InChI is InChI=1S/C29H21N3O/c1-4-11-28-23(8-1)24-13-12-22(15-29(24)33-28)32-17-21(18-32)19-6-5-7-20(14-19)27-16-30-25-9-2-3-10-26(25)31-27/h1-16,21H,17-18H2.